The third-order valence-electron chi connectivity index (χ3n) is 4.16. The van der Waals surface area contributed by atoms with Gasteiger partial charge in [0.2, 0.25) is 5.91 Å². The topological polar surface area (TPSA) is 83.0 Å². The van der Waals surface area contributed by atoms with Gasteiger partial charge in [0.15, 0.2) is 5.96 Å². The van der Waals surface area contributed by atoms with Crippen molar-refractivity contribution >= 4 is 47.5 Å². The molecule has 1 aliphatic heterocycles. The molecular formula is C18H26FIN4O3. The molecule has 0 saturated carbocycles. The highest BCUT2D eigenvalue weighted by atomic mass is 127. The number of nitrogens with one attached hydrogen (secondary N) is 2. The molecule has 1 amide bonds. The number of carbonyl (C=O) groups is 2. The minimum atomic E-state index is -0.356. The Morgan fingerprint density at radius 2 is 1.89 bits per heavy atom. The van der Waals surface area contributed by atoms with Gasteiger partial charge in [-0.05, 0) is 44.0 Å². The average Bonchev–Trinajstić information content (AvgIpc) is 2.66. The van der Waals surface area contributed by atoms with Crippen molar-refractivity contribution in [2.75, 3.05) is 38.6 Å². The van der Waals surface area contributed by atoms with Crippen LogP contribution in [0.4, 0.5) is 10.1 Å². The third kappa shape index (κ3) is 7.31. The summed E-state index contributed by atoms with van der Waals surface area (Å²) < 4.78 is 17.7. The van der Waals surface area contributed by atoms with Gasteiger partial charge in [0, 0.05) is 25.3 Å². The maximum atomic E-state index is 12.9. The van der Waals surface area contributed by atoms with Crippen LogP contribution < -0.4 is 10.6 Å². The van der Waals surface area contributed by atoms with Gasteiger partial charge in [-0.3, -0.25) is 9.59 Å². The number of nitrogens with zero attached hydrogens (tertiary/aromatic N) is 2. The molecule has 150 valence electrons. The van der Waals surface area contributed by atoms with E-state index in [1.807, 2.05) is 11.8 Å². The van der Waals surface area contributed by atoms with E-state index in [-0.39, 0.29) is 54.1 Å². The molecule has 27 heavy (non-hydrogen) atoms. The van der Waals surface area contributed by atoms with Crippen LogP contribution in [0.1, 0.15) is 19.8 Å². The Balaban J connectivity index is 0.00000364. The standard InChI is InChI=1S/C18H25FN4O3.HI/c1-3-20-18(23-10-8-13(9-11-23)17(25)26-2)21-12-16(24)22-15-6-4-14(19)5-7-15;/h4-7,13H,3,8-12H2,1-2H3,(H,20,21)(H,22,24);1H. The number of guanidine groups is 1. The van der Waals surface area contributed by atoms with E-state index in [4.69, 9.17) is 4.74 Å². The second-order valence-electron chi connectivity index (χ2n) is 6.01. The Morgan fingerprint density at radius 3 is 2.44 bits per heavy atom. The van der Waals surface area contributed by atoms with Crippen molar-refractivity contribution in [3.8, 4) is 0 Å². The number of halogens is 2. The van der Waals surface area contributed by atoms with Crippen LogP contribution in [0.15, 0.2) is 29.3 Å². The van der Waals surface area contributed by atoms with Crippen molar-refractivity contribution < 1.29 is 18.7 Å². The SMILES string of the molecule is CCNC(=NCC(=O)Nc1ccc(F)cc1)N1CCC(C(=O)OC)CC1.I. The van der Waals surface area contributed by atoms with Crippen LogP contribution in [0.5, 0.6) is 0 Å². The molecule has 0 aromatic heterocycles. The maximum absolute atomic E-state index is 12.9. The summed E-state index contributed by atoms with van der Waals surface area (Å²) in [5.74, 6) is -0.251. The number of benzene rings is 1. The molecule has 0 spiro atoms. The van der Waals surface area contributed by atoms with Gasteiger partial charge in [-0.1, -0.05) is 0 Å². The fourth-order valence-corrected chi connectivity index (χ4v) is 2.80. The minimum absolute atomic E-state index is 0. The zero-order valence-electron chi connectivity index (χ0n) is 15.5. The smallest absolute Gasteiger partial charge is 0.308 e. The molecule has 0 bridgehead atoms. The van der Waals surface area contributed by atoms with Crippen molar-refractivity contribution in [1.29, 1.82) is 0 Å². The summed E-state index contributed by atoms with van der Waals surface area (Å²) in [6.07, 6.45) is 1.39. The molecule has 7 nitrogen and oxygen atoms in total. The van der Waals surface area contributed by atoms with E-state index >= 15 is 0 Å². The highest BCUT2D eigenvalue weighted by Gasteiger charge is 2.27. The van der Waals surface area contributed by atoms with E-state index in [1.165, 1.54) is 31.4 Å². The normalized spacial score (nSPS) is 14.9. The predicted molar refractivity (Wildman–Crippen MR) is 113 cm³/mol. The van der Waals surface area contributed by atoms with Gasteiger partial charge in [-0.2, -0.15) is 0 Å². The van der Waals surface area contributed by atoms with E-state index in [2.05, 4.69) is 15.6 Å². The van der Waals surface area contributed by atoms with E-state index < -0.39 is 0 Å². The van der Waals surface area contributed by atoms with Gasteiger partial charge in [0.25, 0.3) is 0 Å². The lowest BCUT2D eigenvalue weighted by atomic mass is 9.97. The predicted octanol–water partition coefficient (Wildman–Crippen LogP) is 2.23. The van der Waals surface area contributed by atoms with E-state index in [9.17, 15) is 14.0 Å². The molecule has 0 unspecified atom stereocenters. The molecule has 0 aliphatic carbocycles. The number of methoxy groups -OCH3 is 1. The summed E-state index contributed by atoms with van der Waals surface area (Å²) in [6.45, 7) is 3.93. The molecule has 0 radical (unpaired) electrons. The number of rotatable bonds is 5. The fraction of sp³-hybridized carbons (Fsp3) is 0.500. The van der Waals surface area contributed by atoms with Crippen molar-refractivity contribution in [2.45, 2.75) is 19.8 Å². The van der Waals surface area contributed by atoms with Crippen LogP contribution in [-0.2, 0) is 14.3 Å². The first-order valence-corrected chi connectivity index (χ1v) is 8.70. The second kappa shape index (κ2) is 11.7. The summed E-state index contributed by atoms with van der Waals surface area (Å²) in [6, 6.07) is 5.57. The summed E-state index contributed by atoms with van der Waals surface area (Å²) in [5.41, 5.74) is 0.524. The quantitative estimate of drug-likeness (QED) is 0.285. The van der Waals surface area contributed by atoms with E-state index in [0.717, 1.165) is 0 Å². The summed E-state index contributed by atoms with van der Waals surface area (Å²) in [5, 5.41) is 5.85. The van der Waals surface area contributed by atoms with Crippen LogP contribution in [0.25, 0.3) is 0 Å². The Bertz CT molecular complexity index is 647. The van der Waals surface area contributed by atoms with Gasteiger partial charge in [0.05, 0.1) is 13.0 Å². The van der Waals surface area contributed by atoms with E-state index in [0.29, 0.717) is 44.1 Å². The number of ether oxygens (including phenoxy) is 1. The molecule has 1 aromatic carbocycles. The molecule has 2 N–H and O–H groups in total. The number of hydrogen-bond donors (Lipinski definition) is 2. The van der Waals surface area contributed by atoms with Gasteiger partial charge < -0.3 is 20.3 Å². The van der Waals surface area contributed by atoms with Gasteiger partial charge in [0.1, 0.15) is 12.4 Å². The first kappa shape index (κ1) is 23.1. The summed E-state index contributed by atoms with van der Waals surface area (Å²) >= 11 is 0. The number of anilines is 1. The zero-order chi connectivity index (χ0) is 18.9. The lowest BCUT2D eigenvalue weighted by Crippen LogP contribution is -2.47. The second-order valence-corrected chi connectivity index (χ2v) is 6.01. The van der Waals surface area contributed by atoms with Crippen LogP contribution in [0.2, 0.25) is 0 Å². The fourth-order valence-electron chi connectivity index (χ4n) is 2.80. The molecule has 1 aliphatic rings. The Labute approximate surface area is 175 Å². The number of hydrogen-bond acceptors (Lipinski definition) is 4. The van der Waals surface area contributed by atoms with Crippen LogP contribution in [-0.4, -0.2) is 56.0 Å². The van der Waals surface area contributed by atoms with Gasteiger partial charge in [-0.25, -0.2) is 9.38 Å². The summed E-state index contributed by atoms with van der Waals surface area (Å²) in [7, 11) is 1.40. The molecule has 0 atom stereocenters. The third-order valence-corrected chi connectivity index (χ3v) is 4.16. The molecule has 1 aromatic rings. The Hall–Kier alpha value is -1.91. The van der Waals surface area contributed by atoms with Gasteiger partial charge >= 0.3 is 5.97 Å². The molecule has 1 saturated heterocycles. The highest BCUT2D eigenvalue weighted by Crippen LogP contribution is 2.18. The first-order chi connectivity index (χ1) is 12.5. The number of likely N-dealkylation sites (tertiary alicyclic amines) is 1. The van der Waals surface area contributed by atoms with Gasteiger partial charge in [-0.15, -0.1) is 24.0 Å². The number of amides is 1. The molecule has 1 heterocycles. The van der Waals surface area contributed by atoms with Crippen molar-refractivity contribution in [1.82, 2.24) is 10.2 Å². The zero-order valence-corrected chi connectivity index (χ0v) is 17.9. The van der Waals surface area contributed by atoms with Crippen molar-refractivity contribution in [3.63, 3.8) is 0 Å². The maximum Gasteiger partial charge on any atom is 0.308 e. The lowest BCUT2D eigenvalue weighted by Gasteiger charge is -2.33. The monoisotopic (exact) mass is 492 g/mol. The van der Waals surface area contributed by atoms with Crippen LogP contribution >= 0.6 is 24.0 Å². The van der Waals surface area contributed by atoms with Crippen LogP contribution in [0.3, 0.4) is 0 Å². The number of aliphatic imine (C=N–C) groups is 1. The average molecular weight is 492 g/mol. The number of carbonyl (C=O) groups excluding carboxylic acids is 2. The Kier molecular flexibility index (Phi) is 10.0. The molecular weight excluding hydrogens is 466 g/mol. The molecule has 9 heteroatoms. The minimum Gasteiger partial charge on any atom is -0.469 e. The summed E-state index contributed by atoms with van der Waals surface area (Å²) in [4.78, 5) is 30.1. The van der Waals surface area contributed by atoms with Crippen molar-refractivity contribution in [3.05, 3.63) is 30.1 Å². The first-order valence-electron chi connectivity index (χ1n) is 8.70. The lowest BCUT2D eigenvalue weighted by molar-refractivity contribution is -0.146. The molecule has 2 rings (SSSR count). The number of piperidine rings is 1. The Morgan fingerprint density at radius 1 is 1.26 bits per heavy atom. The van der Waals surface area contributed by atoms with E-state index in [1.54, 1.807) is 0 Å². The highest BCUT2D eigenvalue weighted by molar-refractivity contribution is 14.0. The van der Waals surface area contributed by atoms with Crippen LogP contribution in [0, 0.1) is 11.7 Å². The molecule has 1 fully saturated rings. The van der Waals surface area contributed by atoms with Crippen molar-refractivity contribution in [2.24, 2.45) is 10.9 Å². The number of esters is 1. The largest absolute Gasteiger partial charge is 0.469 e.